The third kappa shape index (κ3) is 6.17. The first-order valence-electron chi connectivity index (χ1n) is 10.3. The number of carbonyl (C=O) groups excluding carboxylic acids is 1. The van der Waals surface area contributed by atoms with Crippen molar-refractivity contribution in [1.82, 2.24) is 20.0 Å². The van der Waals surface area contributed by atoms with Crippen LogP contribution in [0.4, 0.5) is 0 Å². The van der Waals surface area contributed by atoms with Crippen LogP contribution in [0, 0.1) is 11.3 Å². The Hall–Kier alpha value is -2.63. The van der Waals surface area contributed by atoms with Gasteiger partial charge in [-0.05, 0) is 24.6 Å². The van der Waals surface area contributed by atoms with E-state index in [1.807, 2.05) is 23.1 Å². The van der Waals surface area contributed by atoms with Crippen molar-refractivity contribution in [3.8, 4) is 6.07 Å². The first-order chi connectivity index (χ1) is 14.2. The molecule has 8 nitrogen and oxygen atoms in total. The van der Waals surface area contributed by atoms with Gasteiger partial charge >= 0.3 is 0 Å². The Morgan fingerprint density at radius 3 is 2.62 bits per heavy atom. The maximum atomic E-state index is 12.5. The molecule has 2 fully saturated rings. The molecule has 2 saturated heterocycles. The predicted octanol–water partition coefficient (Wildman–Crippen LogP) is 0.500. The van der Waals surface area contributed by atoms with Crippen LogP contribution in [0.5, 0.6) is 0 Å². The van der Waals surface area contributed by atoms with E-state index in [4.69, 9.17) is 15.0 Å². The molecule has 0 unspecified atom stereocenters. The molecule has 0 atom stereocenters. The van der Waals surface area contributed by atoms with Crippen LogP contribution in [0.3, 0.4) is 0 Å². The summed E-state index contributed by atoms with van der Waals surface area (Å²) in [5.74, 6) is 1.08. The third-order valence-corrected chi connectivity index (χ3v) is 5.20. The van der Waals surface area contributed by atoms with Gasteiger partial charge in [0.15, 0.2) is 5.96 Å². The van der Waals surface area contributed by atoms with Gasteiger partial charge in [0.05, 0.1) is 37.9 Å². The number of hydrogen-bond donors (Lipinski definition) is 1. The number of benzene rings is 1. The Balaban J connectivity index is 1.52. The van der Waals surface area contributed by atoms with Crippen LogP contribution in [0.2, 0.25) is 0 Å². The molecule has 1 amide bonds. The van der Waals surface area contributed by atoms with Crippen molar-refractivity contribution >= 4 is 11.9 Å². The van der Waals surface area contributed by atoms with Crippen molar-refractivity contribution in [2.24, 2.45) is 4.99 Å². The normalized spacial score (nSPS) is 18.4. The quantitative estimate of drug-likeness (QED) is 0.574. The Morgan fingerprint density at radius 2 is 1.93 bits per heavy atom. The lowest BCUT2D eigenvalue weighted by Gasteiger charge is -2.37. The Bertz CT molecular complexity index is 746. The zero-order valence-electron chi connectivity index (χ0n) is 17.1. The molecule has 1 N–H and O–H groups in total. The molecule has 2 aliphatic heterocycles. The van der Waals surface area contributed by atoms with Crippen molar-refractivity contribution in [2.75, 3.05) is 65.6 Å². The van der Waals surface area contributed by atoms with Gasteiger partial charge in [0.25, 0.3) is 0 Å². The number of nitrogens with one attached hydrogen (secondary N) is 1. The lowest BCUT2D eigenvalue weighted by molar-refractivity contribution is -0.136. The van der Waals surface area contributed by atoms with Crippen LogP contribution >= 0.6 is 0 Å². The lowest BCUT2D eigenvalue weighted by atomic mass is 10.1. The minimum Gasteiger partial charge on any atom is -0.378 e. The second kappa shape index (κ2) is 10.8. The van der Waals surface area contributed by atoms with Crippen LogP contribution in [0.15, 0.2) is 29.3 Å². The average Bonchev–Trinajstić information content (AvgIpc) is 2.78. The Labute approximate surface area is 172 Å². The molecule has 0 saturated carbocycles. The highest BCUT2D eigenvalue weighted by Gasteiger charge is 2.24. The van der Waals surface area contributed by atoms with Gasteiger partial charge in [-0.2, -0.15) is 5.26 Å². The summed E-state index contributed by atoms with van der Waals surface area (Å²) in [6.07, 6.45) is 0. The van der Waals surface area contributed by atoms with Crippen molar-refractivity contribution in [2.45, 2.75) is 13.5 Å². The molecule has 0 aliphatic carbocycles. The number of hydrogen-bond acceptors (Lipinski definition) is 5. The van der Waals surface area contributed by atoms with Gasteiger partial charge < -0.3 is 19.9 Å². The number of nitriles is 1. The maximum Gasteiger partial charge on any atom is 0.236 e. The van der Waals surface area contributed by atoms with Crippen LogP contribution in [-0.4, -0.2) is 92.1 Å². The van der Waals surface area contributed by atoms with Gasteiger partial charge in [0, 0.05) is 45.8 Å². The van der Waals surface area contributed by atoms with Crippen molar-refractivity contribution in [3.63, 3.8) is 0 Å². The number of aliphatic imine (C=N–C) groups is 1. The van der Waals surface area contributed by atoms with Crippen molar-refractivity contribution in [1.29, 1.82) is 5.26 Å². The van der Waals surface area contributed by atoms with Crippen molar-refractivity contribution < 1.29 is 9.53 Å². The second-order valence-corrected chi connectivity index (χ2v) is 7.24. The van der Waals surface area contributed by atoms with Crippen LogP contribution in [-0.2, 0) is 16.1 Å². The highest BCUT2D eigenvalue weighted by atomic mass is 16.5. The molecule has 29 heavy (non-hydrogen) atoms. The molecule has 156 valence electrons. The molecule has 0 spiro atoms. The summed E-state index contributed by atoms with van der Waals surface area (Å²) in [6.45, 7) is 9.88. The maximum absolute atomic E-state index is 12.5. The summed E-state index contributed by atoms with van der Waals surface area (Å²) in [5.41, 5.74) is 1.68. The summed E-state index contributed by atoms with van der Waals surface area (Å²) in [6, 6.07) is 9.73. The molecule has 2 aliphatic rings. The number of carbonyl (C=O) groups is 1. The molecule has 0 radical (unpaired) electrons. The fourth-order valence-corrected chi connectivity index (χ4v) is 3.55. The zero-order valence-corrected chi connectivity index (χ0v) is 17.1. The first kappa shape index (κ1) is 21.1. The summed E-state index contributed by atoms with van der Waals surface area (Å²) < 4.78 is 5.32. The van der Waals surface area contributed by atoms with E-state index in [2.05, 4.69) is 28.1 Å². The number of amides is 1. The molecule has 3 rings (SSSR count). The number of guanidine groups is 1. The molecular formula is C21H30N6O2. The summed E-state index contributed by atoms with van der Waals surface area (Å²) in [7, 11) is 0. The average molecular weight is 399 g/mol. The van der Waals surface area contributed by atoms with E-state index < -0.39 is 0 Å². The number of piperazine rings is 1. The molecule has 1 aromatic carbocycles. The molecular weight excluding hydrogens is 368 g/mol. The van der Waals surface area contributed by atoms with Gasteiger partial charge in [-0.25, -0.2) is 4.99 Å². The number of morpholine rings is 1. The minimum atomic E-state index is 0.194. The predicted molar refractivity (Wildman–Crippen MR) is 111 cm³/mol. The minimum absolute atomic E-state index is 0.194. The van der Waals surface area contributed by atoms with Gasteiger partial charge in [-0.15, -0.1) is 0 Å². The van der Waals surface area contributed by atoms with E-state index in [0.717, 1.165) is 44.2 Å². The Kier molecular flexibility index (Phi) is 7.85. The summed E-state index contributed by atoms with van der Waals surface area (Å²) in [4.78, 5) is 23.6. The topological polar surface area (TPSA) is 84.2 Å². The lowest BCUT2D eigenvalue weighted by Crippen LogP contribution is -2.54. The SMILES string of the molecule is CCNC(=NCc1cccc(C#N)c1)N1CCN(CC(=O)N2CCOCC2)CC1. The van der Waals surface area contributed by atoms with E-state index in [-0.39, 0.29) is 5.91 Å². The standard InChI is InChI=1S/C21H30N6O2/c1-2-23-21(24-16-19-5-3-4-18(14-19)15-22)27-8-6-25(7-9-27)17-20(28)26-10-12-29-13-11-26/h3-5,14H,2,6-13,16-17H2,1H3,(H,23,24). The van der Waals surface area contributed by atoms with Gasteiger partial charge in [-0.3, -0.25) is 9.69 Å². The highest BCUT2D eigenvalue weighted by molar-refractivity contribution is 5.80. The van der Waals surface area contributed by atoms with Gasteiger partial charge in [0.2, 0.25) is 5.91 Å². The van der Waals surface area contributed by atoms with Gasteiger partial charge in [0.1, 0.15) is 0 Å². The van der Waals surface area contributed by atoms with Crippen molar-refractivity contribution in [3.05, 3.63) is 35.4 Å². The van der Waals surface area contributed by atoms with E-state index in [1.165, 1.54) is 0 Å². The Morgan fingerprint density at radius 1 is 1.17 bits per heavy atom. The second-order valence-electron chi connectivity index (χ2n) is 7.24. The van der Waals surface area contributed by atoms with Gasteiger partial charge in [-0.1, -0.05) is 12.1 Å². The smallest absolute Gasteiger partial charge is 0.236 e. The molecule has 0 aromatic heterocycles. The molecule has 2 heterocycles. The number of rotatable bonds is 5. The van der Waals surface area contributed by atoms with E-state index >= 15 is 0 Å². The van der Waals surface area contributed by atoms with E-state index in [9.17, 15) is 4.79 Å². The van der Waals surface area contributed by atoms with Crippen LogP contribution in [0.1, 0.15) is 18.1 Å². The largest absolute Gasteiger partial charge is 0.378 e. The summed E-state index contributed by atoms with van der Waals surface area (Å²) in [5, 5.41) is 12.4. The van der Waals surface area contributed by atoms with Crippen LogP contribution in [0.25, 0.3) is 0 Å². The van der Waals surface area contributed by atoms with E-state index in [1.54, 1.807) is 6.07 Å². The molecule has 8 heteroatoms. The summed E-state index contributed by atoms with van der Waals surface area (Å²) >= 11 is 0. The molecule has 0 bridgehead atoms. The first-order valence-corrected chi connectivity index (χ1v) is 10.3. The fraction of sp³-hybridized carbons (Fsp3) is 0.571. The number of ether oxygens (including phenoxy) is 1. The van der Waals surface area contributed by atoms with Crippen LogP contribution < -0.4 is 5.32 Å². The highest BCUT2D eigenvalue weighted by Crippen LogP contribution is 2.08. The van der Waals surface area contributed by atoms with E-state index in [0.29, 0.717) is 45.0 Å². The monoisotopic (exact) mass is 398 g/mol. The molecule has 1 aromatic rings. The number of nitrogens with zero attached hydrogens (tertiary/aromatic N) is 5. The zero-order chi connectivity index (χ0) is 20.5. The fourth-order valence-electron chi connectivity index (χ4n) is 3.55. The third-order valence-electron chi connectivity index (χ3n) is 5.20.